The molecule has 0 fully saturated rings. The van der Waals surface area contributed by atoms with Gasteiger partial charge in [-0.3, -0.25) is 0 Å². The zero-order valence-electron chi connectivity index (χ0n) is 13.0. The number of para-hydroxylation sites is 1. The van der Waals surface area contributed by atoms with Gasteiger partial charge in [0, 0.05) is 11.9 Å². The maximum absolute atomic E-state index is 13.2. The topological polar surface area (TPSA) is 47.0 Å². The Kier molecular flexibility index (Phi) is 4.83. The van der Waals surface area contributed by atoms with Crippen LogP contribution in [-0.4, -0.2) is 9.97 Å². The van der Waals surface area contributed by atoms with Crippen LogP contribution in [0.15, 0.2) is 66.9 Å². The Bertz CT molecular complexity index is 824. The molecule has 0 aliphatic rings. The molecule has 0 bridgehead atoms. The third kappa shape index (κ3) is 4.47. The summed E-state index contributed by atoms with van der Waals surface area (Å²) in [5.74, 6) is -0.480. The Labute approximate surface area is 142 Å². The van der Waals surface area contributed by atoms with Gasteiger partial charge in [-0.25, -0.2) is 4.98 Å². The number of rotatable bonds is 5. The van der Waals surface area contributed by atoms with Gasteiger partial charge in [-0.1, -0.05) is 48.5 Å². The van der Waals surface area contributed by atoms with Crippen LogP contribution in [0.25, 0.3) is 0 Å². The fourth-order valence-electron chi connectivity index (χ4n) is 2.11. The first kappa shape index (κ1) is 16.8. The standard InChI is InChI=1S/C18H14F3N3O/c19-18(20,21)15-11-22-17(23-14-9-5-2-6-10-14)24-16(15)25-12-13-7-3-1-4-8-13/h1-11H,12H2,(H,22,23,24). The Morgan fingerprint density at radius 3 is 2.20 bits per heavy atom. The van der Waals surface area contributed by atoms with Crippen molar-refractivity contribution in [3.05, 3.63) is 78.0 Å². The predicted octanol–water partition coefficient (Wildman–Crippen LogP) is 4.82. The minimum absolute atomic E-state index is 0.0221. The maximum Gasteiger partial charge on any atom is 0.423 e. The molecular formula is C18H14F3N3O. The number of alkyl halides is 3. The summed E-state index contributed by atoms with van der Waals surface area (Å²) in [6.45, 7) is -0.0221. The van der Waals surface area contributed by atoms with E-state index in [4.69, 9.17) is 4.74 Å². The predicted molar refractivity (Wildman–Crippen MR) is 87.5 cm³/mol. The molecule has 1 N–H and O–H groups in total. The number of halogens is 3. The lowest BCUT2D eigenvalue weighted by molar-refractivity contribution is -0.139. The summed E-state index contributed by atoms with van der Waals surface area (Å²) in [6.07, 6.45) is -3.88. The smallest absolute Gasteiger partial charge is 0.423 e. The number of nitrogens with zero attached hydrogens (tertiary/aromatic N) is 2. The van der Waals surface area contributed by atoms with Crippen molar-refractivity contribution in [2.45, 2.75) is 12.8 Å². The number of benzene rings is 2. The van der Waals surface area contributed by atoms with Gasteiger partial charge in [0.15, 0.2) is 0 Å². The van der Waals surface area contributed by atoms with Crippen LogP contribution in [0.2, 0.25) is 0 Å². The molecule has 0 unspecified atom stereocenters. The third-order valence-electron chi connectivity index (χ3n) is 3.31. The summed E-state index contributed by atoms with van der Waals surface area (Å²) in [6, 6.07) is 17.8. The van der Waals surface area contributed by atoms with Crippen molar-refractivity contribution in [3.63, 3.8) is 0 Å². The van der Waals surface area contributed by atoms with Crippen LogP contribution in [-0.2, 0) is 12.8 Å². The monoisotopic (exact) mass is 345 g/mol. The Balaban J connectivity index is 1.85. The van der Waals surface area contributed by atoms with Crippen LogP contribution in [0.5, 0.6) is 5.88 Å². The highest BCUT2D eigenvalue weighted by molar-refractivity contribution is 5.53. The number of ether oxygens (including phenoxy) is 1. The van der Waals surface area contributed by atoms with Crippen LogP contribution >= 0.6 is 0 Å². The van der Waals surface area contributed by atoms with Gasteiger partial charge in [0.1, 0.15) is 12.2 Å². The average molecular weight is 345 g/mol. The second-order valence-electron chi connectivity index (χ2n) is 5.18. The molecule has 0 atom stereocenters. The normalized spacial score (nSPS) is 11.2. The summed E-state index contributed by atoms with van der Waals surface area (Å²) in [5, 5.41) is 2.85. The summed E-state index contributed by atoms with van der Waals surface area (Å²) in [5.41, 5.74) is 0.394. The minimum Gasteiger partial charge on any atom is -0.472 e. The van der Waals surface area contributed by atoms with Gasteiger partial charge in [-0.2, -0.15) is 18.2 Å². The van der Waals surface area contributed by atoms with Crippen molar-refractivity contribution in [1.29, 1.82) is 0 Å². The molecule has 128 valence electrons. The van der Waals surface area contributed by atoms with Crippen molar-refractivity contribution in [1.82, 2.24) is 9.97 Å². The molecule has 0 saturated carbocycles. The summed E-state index contributed by atoms with van der Waals surface area (Å²) in [4.78, 5) is 7.62. The highest BCUT2D eigenvalue weighted by atomic mass is 19.4. The highest BCUT2D eigenvalue weighted by Gasteiger charge is 2.36. The molecule has 4 nitrogen and oxygen atoms in total. The number of aromatic nitrogens is 2. The lowest BCUT2D eigenvalue weighted by atomic mass is 10.2. The zero-order valence-corrected chi connectivity index (χ0v) is 13.0. The largest absolute Gasteiger partial charge is 0.472 e. The van der Waals surface area contributed by atoms with E-state index in [9.17, 15) is 13.2 Å². The number of nitrogens with one attached hydrogen (secondary N) is 1. The van der Waals surface area contributed by atoms with E-state index in [-0.39, 0.29) is 12.6 Å². The van der Waals surface area contributed by atoms with Gasteiger partial charge < -0.3 is 10.1 Å². The van der Waals surface area contributed by atoms with E-state index in [1.165, 1.54) is 0 Å². The van der Waals surface area contributed by atoms with E-state index in [1.54, 1.807) is 48.5 Å². The lowest BCUT2D eigenvalue weighted by Gasteiger charge is -2.14. The molecule has 1 heterocycles. The molecule has 3 aromatic rings. The first-order valence-electron chi connectivity index (χ1n) is 7.45. The molecule has 0 spiro atoms. The molecule has 0 aliphatic heterocycles. The second kappa shape index (κ2) is 7.21. The van der Waals surface area contributed by atoms with Gasteiger partial charge in [0.05, 0.1) is 0 Å². The van der Waals surface area contributed by atoms with E-state index in [1.807, 2.05) is 12.1 Å². The van der Waals surface area contributed by atoms with Crippen molar-refractivity contribution in [2.24, 2.45) is 0 Å². The Hall–Kier alpha value is -3.09. The Morgan fingerprint density at radius 1 is 0.920 bits per heavy atom. The van der Waals surface area contributed by atoms with Gasteiger partial charge in [0.25, 0.3) is 0 Å². The summed E-state index contributed by atoms with van der Waals surface area (Å²) >= 11 is 0. The number of hydrogen-bond acceptors (Lipinski definition) is 4. The van der Waals surface area contributed by atoms with Crippen LogP contribution in [0, 0.1) is 0 Å². The third-order valence-corrected chi connectivity index (χ3v) is 3.31. The molecule has 0 aliphatic carbocycles. The second-order valence-corrected chi connectivity index (χ2v) is 5.18. The summed E-state index contributed by atoms with van der Waals surface area (Å²) in [7, 11) is 0. The Morgan fingerprint density at radius 2 is 1.56 bits per heavy atom. The lowest BCUT2D eigenvalue weighted by Crippen LogP contribution is -2.12. The quantitative estimate of drug-likeness (QED) is 0.720. The minimum atomic E-state index is -4.60. The van der Waals surface area contributed by atoms with Gasteiger partial charge in [0.2, 0.25) is 11.8 Å². The van der Waals surface area contributed by atoms with E-state index in [2.05, 4.69) is 15.3 Å². The first-order chi connectivity index (χ1) is 12.0. The SMILES string of the molecule is FC(F)(F)c1cnc(Nc2ccccc2)nc1OCc1ccccc1. The van der Waals surface area contributed by atoms with E-state index in [0.29, 0.717) is 5.69 Å². The molecular weight excluding hydrogens is 331 g/mol. The highest BCUT2D eigenvalue weighted by Crippen LogP contribution is 2.35. The van der Waals surface area contributed by atoms with Crippen molar-refractivity contribution >= 4 is 11.6 Å². The van der Waals surface area contributed by atoms with Crippen LogP contribution < -0.4 is 10.1 Å². The molecule has 3 rings (SSSR count). The van der Waals surface area contributed by atoms with E-state index < -0.39 is 17.6 Å². The first-order valence-corrected chi connectivity index (χ1v) is 7.45. The zero-order chi connectivity index (χ0) is 17.7. The molecule has 0 saturated heterocycles. The molecule has 1 aromatic heterocycles. The van der Waals surface area contributed by atoms with E-state index >= 15 is 0 Å². The van der Waals surface area contributed by atoms with Crippen molar-refractivity contribution in [3.8, 4) is 5.88 Å². The van der Waals surface area contributed by atoms with Crippen LogP contribution in [0.4, 0.5) is 24.8 Å². The molecule has 0 amide bonds. The fraction of sp³-hybridized carbons (Fsp3) is 0.111. The fourth-order valence-corrected chi connectivity index (χ4v) is 2.11. The van der Waals surface area contributed by atoms with Crippen molar-refractivity contribution < 1.29 is 17.9 Å². The number of hydrogen-bond donors (Lipinski definition) is 1. The molecule has 0 radical (unpaired) electrons. The molecule has 7 heteroatoms. The van der Waals surface area contributed by atoms with Gasteiger partial charge >= 0.3 is 6.18 Å². The van der Waals surface area contributed by atoms with Gasteiger partial charge in [-0.15, -0.1) is 0 Å². The van der Waals surface area contributed by atoms with E-state index in [0.717, 1.165) is 11.8 Å². The number of anilines is 2. The maximum atomic E-state index is 13.2. The van der Waals surface area contributed by atoms with Crippen LogP contribution in [0.1, 0.15) is 11.1 Å². The summed E-state index contributed by atoms with van der Waals surface area (Å²) < 4.78 is 44.8. The molecule has 25 heavy (non-hydrogen) atoms. The molecule has 2 aromatic carbocycles. The average Bonchev–Trinajstić information content (AvgIpc) is 2.61. The van der Waals surface area contributed by atoms with Crippen LogP contribution in [0.3, 0.4) is 0 Å². The van der Waals surface area contributed by atoms with Gasteiger partial charge in [-0.05, 0) is 17.7 Å². The van der Waals surface area contributed by atoms with Crippen molar-refractivity contribution in [2.75, 3.05) is 5.32 Å².